The Kier molecular flexibility index (Phi) is 4.52. The highest BCUT2D eigenvalue weighted by molar-refractivity contribution is 7.90. The molecule has 0 saturated heterocycles. The molecule has 1 amide bonds. The Balaban J connectivity index is 1.99. The molecular weight excluding hydrogens is 294 g/mol. The van der Waals surface area contributed by atoms with Crippen LogP contribution in [-0.2, 0) is 14.8 Å². The first-order valence-corrected chi connectivity index (χ1v) is 8.13. The largest absolute Gasteiger partial charge is 0.454 e. The van der Waals surface area contributed by atoms with E-state index < -0.39 is 15.9 Å². The summed E-state index contributed by atoms with van der Waals surface area (Å²) in [6, 6.07) is 5.20. The van der Waals surface area contributed by atoms with Crippen LogP contribution in [0, 0.1) is 5.92 Å². The van der Waals surface area contributed by atoms with E-state index in [1.54, 1.807) is 32.0 Å². The maximum atomic E-state index is 11.6. The Bertz CT molecular complexity index is 664. The van der Waals surface area contributed by atoms with Crippen molar-refractivity contribution >= 4 is 22.0 Å². The molecule has 1 heterocycles. The molecule has 0 radical (unpaired) electrons. The number of ether oxygens (including phenoxy) is 2. The zero-order chi connectivity index (χ0) is 15.5. The van der Waals surface area contributed by atoms with Gasteiger partial charge in [0.05, 0.1) is 5.75 Å². The molecule has 6 nitrogen and oxygen atoms in total. The van der Waals surface area contributed by atoms with E-state index in [1.165, 1.54) is 12.2 Å². The number of benzene rings is 1. The number of hydrogen-bond acceptors (Lipinski definition) is 5. The lowest BCUT2D eigenvalue weighted by Gasteiger charge is -2.06. The molecule has 2 rings (SSSR count). The monoisotopic (exact) mass is 311 g/mol. The number of sulfonamides is 1. The summed E-state index contributed by atoms with van der Waals surface area (Å²) in [6.45, 7) is 3.72. The van der Waals surface area contributed by atoms with E-state index in [1.807, 2.05) is 4.72 Å². The summed E-state index contributed by atoms with van der Waals surface area (Å²) < 4.78 is 35.6. The molecule has 1 aliphatic rings. The standard InChI is InChI=1S/C14H17NO5S/c1-10(2)8-21(17,18)15-14(16)6-4-11-3-5-12-13(7-11)20-9-19-12/h3-7,10H,8-9H2,1-2H3,(H,15,16)/b6-4-. The van der Waals surface area contributed by atoms with Gasteiger partial charge in [0.15, 0.2) is 11.5 Å². The van der Waals surface area contributed by atoms with Gasteiger partial charge in [-0.1, -0.05) is 19.9 Å². The quantitative estimate of drug-likeness (QED) is 0.834. The lowest BCUT2D eigenvalue weighted by atomic mass is 10.2. The van der Waals surface area contributed by atoms with Crippen molar-refractivity contribution in [2.24, 2.45) is 5.92 Å². The van der Waals surface area contributed by atoms with E-state index >= 15 is 0 Å². The van der Waals surface area contributed by atoms with Gasteiger partial charge in [-0.05, 0) is 29.7 Å². The SMILES string of the molecule is CC(C)CS(=O)(=O)NC(=O)/C=C\c1ccc2c(c1)OCO2. The minimum atomic E-state index is -3.59. The van der Waals surface area contributed by atoms with Crippen LogP contribution in [0.4, 0.5) is 0 Å². The summed E-state index contributed by atoms with van der Waals surface area (Å²) >= 11 is 0. The van der Waals surface area contributed by atoms with E-state index in [0.717, 1.165) is 5.56 Å². The maximum Gasteiger partial charge on any atom is 0.257 e. The number of amides is 1. The molecule has 0 unspecified atom stereocenters. The van der Waals surface area contributed by atoms with Crippen molar-refractivity contribution in [3.8, 4) is 11.5 Å². The van der Waals surface area contributed by atoms with Gasteiger partial charge in [-0.3, -0.25) is 4.79 Å². The average molecular weight is 311 g/mol. The van der Waals surface area contributed by atoms with E-state index in [0.29, 0.717) is 11.5 Å². The van der Waals surface area contributed by atoms with Crippen LogP contribution in [-0.4, -0.2) is 26.9 Å². The third kappa shape index (κ3) is 4.49. The van der Waals surface area contributed by atoms with Crippen molar-refractivity contribution in [3.63, 3.8) is 0 Å². The zero-order valence-corrected chi connectivity index (χ0v) is 12.6. The van der Waals surface area contributed by atoms with E-state index in [4.69, 9.17) is 9.47 Å². The van der Waals surface area contributed by atoms with Crippen LogP contribution >= 0.6 is 0 Å². The Labute approximate surface area is 123 Å². The lowest BCUT2D eigenvalue weighted by molar-refractivity contribution is -0.114. The van der Waals surface area contributed by atoms with Gasteiger partial charge in [0, 0.05) is 6.08 Å². The molecule has 0 aromatic heterocycles. The normalized spacial score (nSPS) is 13.9. The third-order valence-corrected chi connectivity index (χ3v) is 4.25. The number of rotatable bonds is 5. The second-order valence-corrected chi connectivity index (χ2v) is 6.85. The fraction of sp³-hybridized carbons (Fsp3) is 0.357. The second-order valence-electron chi connectivity index (χ2n) is 5.09. The molecule has 114 valence electrons. The highest BCUT2D eigenvalue weighted by atomic mass is 32.2. The van der Waals surface area contributed by atoms with Crippen LogP contribution in [0.5, 0.6) is 11.5 Å². The van der Waals surface area contributed by atoms with Gasteiger partial charge >= 0.3 is 0 Å². The number of nitrogens with one attached hydrogen (secondary N) is 1. The molecule has 0 saturated carbocycles. The van der Waals surface area contributed by atoms with Gasteiger partial charge in [-0.2, -0.15) is 0 Å². The number of fused-ring (bicyclic) bond motifs is 1. The zero-order valence-electron chi connectivity index (χ0n) is 11.8. The minimum Gasteiger partial charge on any atom is -0.454 e. The van der Waals surface area contributed by atoms with Crippen LogP contribution in [0.1, 0.15) is 19.4 Å². The van der Waals surface area contributed by atoms with Crippen molar-refractivity contribution in [3.05, 3.63) is 29.8 Å². The van der Waals surface area contributed by atoms with Crippen molar-refractivity contribution in [1.29, 1.82) is 0 Å². The molecule has 1 aromatic carbocycles. The summed E-state index contributed by atoms with van der Waals surface area (Å²) in [5, 5.41) is 0. The first kappa shape index (κ1) is 15.4. The van der Waals surface area contributed by atoms with Gasteiger partial charge in [0.2, 0.25) is 16.8 Å². The predicted octanol–water partition coefficient (Wildman–Crippen LogP) is 1.53. The van der Waals surface area contributed by atoms with E-state index in [-0.39, 0.29) is 18.5 Å². The molecule has 0 spiro atoms. The van der Waals surface area contributed by atoms with Crippen LogP contribution in [0.2, 0.25) is 0 Å². The van der Waals surface area contributed by atoms with Crippen LogP contribution in [0.15, 0.2) is 24.3 Å². The molecule has 0 aliphatic carbocycles. The Morgan fingerprint density at radius 3 is 2.76 bits per heavy atom. The molecule has 0 fully saturated rings. The van der Waals surface area contributed by atoms with Crippen LogP contribution in [0.3, 0.4) is 0 Å². The third-order valence-electron chi connectivity index (χ3n) is 2.63. The predicted molar refractivity (Wildman–Crippen MR) is 78.4 cm³/mol. The van der Waals surface area contributed by atoms with E-state index in [9.17, 15) is 13.2 Å². The summed E-state index contributed by atoms with van der Waals surface area (Å²) in [4.78, 5) is 11.6. The minimum absolute atomic E-state index is 0.0480. The highest BCUT2D eigenvalue weighted by Gasteiger charge is 2.15. The van der Waals surface area contributed by atoms with Gasteiger partial charge in [0.1, 0.15) is 0 Å². The number of hydrogen-bond donors (Lipinski definition) is 1. The van der Waals surface area contributed by atoms with Gasteiger partial charge < -0.3 is 9.47 Å². The molecule has 1 N–H and O–H groups in total. The molecule has 0 bridgehead atoms. The average Bonchev–Trinajstić information content (AvgIpc) is 2.81. The molecule has 0 atom stereocenters. The Morgan fingerprint density at radius 2 is 2.05 bits per heavy atom. The molecule has 21 heavy (non-hydrogen) atoms. The second kappa shape index (κ2) is 6.17. The summed E-state index contributed by atoms with van der Waals surface area (Å²) in [5.41, 5.74) is 0.718. The lowest BCUT2D eigenvalue weighted by Crippen LogP contribution is -2.32. The summed E-state index contributed by atoms with van der Waals surface area (Å²) in [7, 11) is -3.59. The molecular formula is C14H17NO5S. The van der Waals surface area contributed by atoms with Crippen molar-refractivity contribution in [2.45, 2.75) is 13.8 Å². The van der Waals surface area contributed by atoms with E-state index in [2.05, 4.69) is 0 Å². The van der Waals surface area contributed by atoms with Gasteiger partial charge in [0.25, 0.3) is 5.91 Å². The Morgan fingerprint density at radius 1 is 1.33 bits per heavy atom. The van der Waals surface area contributed by atoms with Gasteiger partial charge in [-0.15, -0.1) is 0 Å². The van der Waals surface area contributed by atoms with Crippen molar-refractivity contribution in [2.75, 3.05) is 12.5 Å². The van der Waals surface area contributed by atoms with Crippen LogP contribution in [0.25, 0.3) is 6.08 Å². The molecule has 1 aliphatic heterocycles. The first-order valence-electron chi connectivity index (χ1n) is 6.48. The smallest absolute Gasteiger partial charge is 0.257 e. The van der Waals surface area contributed by atoms with Crippen LogP contribution < -0.4 is 14.2 Å². The van der Waals surface area contributed by atoms with Crippen molar-refractivity contribution in [1.82, 2.24) is 4.72 Å². The highest BCUT2D eigenvalue weighted by Crippen LogP contribution is 2.32. The molecule has 1 aromatic rings. The summed E-state index contributed by atoms with van der Waals surface area (Å²) in [6.07, 6.45) is 2.69. The maximum absolute atomic E-state index is 11.6. The van der Waals surface area contributed by atoms with Crippen molar-refractivity contribution < 1.29 is 22.7 Å². The first-order chi connectivity index (χ1) is 9.85. The number of carbonyl (C=O) groups excluding carboxylic acids is 1. The van der Waals surface area contributed by atoms with Gasteiger partial charge in [-0.25, -0.2) is 13.1 Å². The Hall–Kier alpha value is -2.02. The molecule has 7 heteroatoms. The topological polar surface area (TPSA) is 81.7 Å². The fourth-order valence-electron chi connectivity index (χ4n) is 1.86. The fourth-order valence-corrected chi connectivity index (χ4v) is 3.19. The summed E-state index contributed by atoms with van der Waals surface area (Å²) in [5.74, 6) is 0.443. The number of carbonyl (C=O) groups is 1.